The van der Waals surface area contributed by atoms with Crippen LogP contribution in [0.3, 0.4) is 0 Å². The maximum atomic E-state index is 13.3. The highest BCUT2D eigenvalue weighted by atomic mass is 16.5. The first kappa shape index (κ1) is 30.1. The first-order chi connectivity index (χ1) is 21.2. The van der Waals surface area contributed by atoms with Crippen molar-refractivity contribution in [3.63, 3.8) is 0 Å². The van der Waals surface area contributed by atoms with Gasteiger partial charge in [-0.2, -0.15) is 0 Å². The number of carbonyl (C=O) groups is 1. The van der Waals surface area contributed by atoms with Crippen molar-refractivity contribution in [1.29, 1.82) is 0 Å². The van der Waals surface area contributed by atoms with Crippen LogP contribution in [0.2, 0.25) is 0 Å². The molecule has 12 heteroatoms. The quantitative estimate of drug-likeness (QED) is 0.232. The highest BCUT2D eigenvalue weighted by Gasteiger charge is 2.23. The van der Waals surface area contributed by atoms with Gasteiger partial charge in [-0.05, 0) is 63.4 Å². The summed E-state index contributed by atoms with van der Waals surface area (Å²) in [5, 5.41) is 2.79. The van der Waals surface area contributed by atoms with Gasteiger partial charge in [0.1, 0.15) is 17.1 Å². The second-order valence-electron chi connectivity index (χ2n) is 10.3. The molecule has 1 fully saturated rings. The number of ether oxygens (including phenoxy) is 1. The Labute approximate surface area is 255 Å². The third kappa shape index (κ3) is 6.06. The molecule has 5 rings (SSSR count). The largest absolute Gasteiger partial charge is 0.382 e. The summed E-state index contributed by atoms with van der Waals surface area (Å²) in [5.74, 6) is 0.408. The molecular formula is C32H35N9O3. The van der Waals surface area contributed by atoms with Gasteiger partial charge in [0.25, 0.3) is 11.5 Å². The number of amides is 1. The SMILES string of the molecule is C=NC(=CC(=CC)c1cnc(N)c(-c2ccc(NC(=O)c3c(C)n(C)n(-c4cccc(C)c4)c3=O)cn2)n1)N1CCOCC1. The van der Waals surface area contributed by atoms with E-state index >= 15 is 0 Å². The molecule has 0 bridgehead atoms. The Bertz CT molecular complexity index is 1830. The Balaban J connectivity index is 1.38. The van der Waals surface area contributed by atoms with Crippen molar-refractivity contribution in [2.75, 3.05) is 37.4 Å². The number of nitrogen functional groups attached to an aromatic ring is 1. The number of rotatable bonds is 8. The molecule has 4 heterocycles. The number of morpholine rings is 1. The summed E-state index contributed by atoms with van der Waals surface area (Å²) in [4.78, 5) is 46.5. The fourth-order valence-corrected chi connectivity index (χ4v) is 5.02. The van der Waals surface area contributed by atoms with Gasteiger partial charge in [-0.15, -0.1) is 0 Å². The lowest BCUT2D eigenvalue weighted by Crippen LogP contribution is -2.35. The molecule has 12 nitrogen and oxygen atoms in total. The van der Waals surface area contributed by atoms with Gasteiger partial charge in [0.05, 0.1) is 54.1 Å². The Hall–Kier alpha value is -5.36. The van der Waals surface area contributed by atoms with Gasteiger partial charge in [-0.25, -0.2) is 19.6 Å². The first-order valence-corrected chi connectivity index (χ1v) is 14.2. The van der Waals surface area contributed by atoms with Crippen molar-refractivity contribution in [3.05, 3.63) is 99.6 Å². The molecular weight excluding hydrogens is 558 g/mol. The Morgan fingerprint density at radius 3 is 2.57 bits per heavy atom. The van der Waals surface area contributed by atoms with Crippen LogP contribution in [-0.4, -0.2) is 68.1 Å². The van der Waals surface area contributed by atoms with Gasteiger partial charge in [0.15, 0.2) is 5.82 Å². The standard InChI is InChI=1S/C32H35N9O3/c1-6-22(17-27(34-4)40-12-14-44-15-13-40)26-19-36-30(33)29(38-26)25-11-10-23(18-35-25)37-31(42)28-21(3)39(5)41(32(28)43)24-9-7-8-20(2)16-24/h6-11,16-19H,4,12-15H2,1-3,5H3,(H2,33,36)(H,37,42). The number of carbonyl (C=O) groups excluding carboxylic acids is 1. The monoisotopic (exact) mass is 593 g/mol. The van der Waals surface area contributed by atoms with Crippen LogP contribution in [0.1, 0.15) is 34.2 Å². The topological polar surface area (TPSA) is 146 Å². The van der Waals surface area contributed by atoms with Crippen molar-refractivity contribution in [2.45, 2.75) is 20.8 Å². The van der Waals surface area contributed by atoms with E-state index < -0.39 is 11.5 Å². The maximum Gasteiger partial charge on any atom is 0.284 e. The number of hydrogen-bond acceptors (Lipinski definition) is 9. The molecule has 1 aliphatic rings. The molecule has 4 aromatic rings. The lowest BCUT2D eigenvalue weighted by atomic mass is 10.1. The van der Waals surface area contributed by atoms with Crippen LogP contribution in [0.15, 0.2) is 76.6 Å². The molecule has 44 heavy (non-hydrogen) atoms. The molecule has 0 spiro atoms. The molecule has 3 aromatic heterocycles. The van der Waals surface area contributed by atoms with Gasteiger partial charge in [0, 0.05) is 25.7 Å². The van der Waals surface area contributed by atoms with E-state index in [0.29, 0.717) is 47.4 Å². The average Bonchev–Trinajstić information content (AvgIpc) is 3.26. The Kier molecular flexibility index (Phi) is 8.81. The highest BCUT2D eigenvalue weighted by Crippen LogP contribution is 2.26. The van der Waals surface area contributed by atoms with Gasteiger partial charge < -0.3 is 20.7 Å². The molecule has 1 aliphatic heterocycles. The second-order valence-corrected chi connectivity index (χ2v) is 10.3. The highest BCUT2D eigenvalue weighted by molar-refractivity contribution is 6.05. The number of nitrogens with one attached hydrogen (secondary N) is 1. The zero-order valence-corrected chi connectivity index (χ0v) is 25.2. The summed E-state index contributed by atoms with van der Waals surface area (Å²) in [5.41, 5.74) is 10.7. The molecule has 0 radical (unpaired) electrons. The van der Waals surface area contributed by atoms with Crippen LogP contribution in [0.5, 0.6) is 0 Å². The molecule has 226 valence electrons. The van der Waals surface area contributed by atoms with Gasteiger partial charge >= 0.3 is 0 Å². The number of allylic oxidation sites excluding steroid dienone is 3. The van der Waals surface area contributed by atoms with Crippen LogP contribution in [-0.2, 0) is 11.8 Å². The number of pyridine rings is 1. The summed E-state index contributed by atoms with van der Waals surface area (Å²) < 4.78 is 8.60. The van der Waals surface area contributed by atoms with Crippen LogP contribution in [0.4, 0.5) is 11.5 Å². The molecule has 0 unspecified atom stereocenters. The second kappa shape index (κ2) is 12.9. The maximum absolute atomic E-state index is 13.3. The fourth-order valence-electron chi connectivity index (χ4n) is 5.02. The third-order valence-corrected chi connectivity index (χ3v) is 7.48. The van der Waals surface area contributed by atoms with Crippen LogP contribution in [0, 0.1) is 13.8 Å². The third-order valence-electron chi connectivity index (χ3n) is 7.48. The predicted octanol–water partition coefficient (Wildman–Crippen LogP) is 3.76. The van der Waals surface area contributed by atoms with E-state index in [1.165, 1.54) is 10.9 Å². The summed E-state index contributed by atoms with van der Waals surface area (Å²) in [7, 11) is 1.75. The van der Waals surface area contributed by atoms with E-state index in [1.54, 1.807) is 37.0 Å². The van der Waals surface area contributed by atoms with Crippen LogP contribution >= 0.6 is 0 Å². The Morgan fingerprint density at radius 1 is 1.14 bits per heavy atom. The number of aromatic nitrogens is 5. The van der Waals surface area contributed by atoms with E-state index in [0.717, 1.165) is 30.0 Å². The average molecular weight is 594 g/mol. The van der Waals surface area contributed by atoms with Crippen molar-refractivity contribution >= 4 is 29.7 Å². The zero-order valence-electron chi connectivity index (χ0n) is 25.2. The first-order valence-electron chi connectivity index (χ1n) is 14.2. The molecule has 0 atom stereocenters. The number of benzene rings is 1. The van der Waals surface area contributed by atoms with E-state index in [9.17, 15) is 9.59 Å². The van der Waals surface area contributed by atoms with Crippen LogP contribution in [0.25, 0.3) is 22.6 Å². The summed E-state index contributed by atoms with van der Waals surface area (Å²) in [6, 6.07) is 10.9. The number of hydrogen-bond donors (Lipinski definition) is 2. The van der Waals surface area contributed by atoms with E-state index in [-0.39, 0.29) is 11.4 Å². The van der Waals surface area contributed by atoms with Gasteiger partial charge in [-0.3, -0.25) is 19.3 Å². The number of anilines is 2. The molecule has 3 N–H and O–H groups in total. The lowest BCUT2D eigenvalue weighted by Gasteiger charge is -2.28. The fraction of sp³-hybridized carbons (Fsp3) is 0.250. The van der Waals surface area contributed by atoms with Crippen molar-refractivity contribution < 1.29 is 9.53 Å². The summed E-state index contributed by atoms with van der Waals surface area (Å²) >= 11 is 0. The molecule has 1 aromatic carbocycles. The zero-order chi connectivity index (χ0) is 31.4. The molecule has 0 saturated carbocycles. The summed E-state index contributed by atoms with van der Waals surface area (Å²) in [6.07, 6.45) is 6.92. The van der Waals surface area contributed by atoms with Gasteiger partial charge in [-0.1, -0.05) is 18.2 Å². The Morgan fingerprint density at radius 2 is 1.91 bits per heavy atom. The van der Waals surface area contributed by atoms with Crippen molar-refractivity contribution in [2.24, 2.45) is 12.0 Å². The number of nitrogens with zero attached hydrogens (tertiary/aromatic N) is 7. The molecule has 0 aliphatic carbocycles. The molecule has 1 amide bonds. The van der Waals surface area contributed by atoms with E-state index in [4.69, 9.17) is 15.5 Å². The molecule has 1 saturated heterocycles. The van der Waals surface area contributed by atoms with Crippen molar-refractivity contribution in [3.8, 4) is 17.1 Å². The van der Waals surface area contributed by atoms with Gasteiger partial charge in [0.2, 0.25) is 0 Å². The van der Waals surface area contributed by atoms with E-state index in [1.807, 2.05) is 50.3 Å². The van der Waals surface area contributed by atoms with Crippen molar-refractivity contribution in [1.82, 2.24) is 29.2 Å². The minimum Gasteiger partial charge on any atom is -0.382 e. The normalized spacial score (nSPS) is 14.0. The predicted molar refractivity (Wildman–Crippen MR) is 172 cm³/mol. The number of nitrogens with two attached hydrogens (primary N) is 1. The number of aliphatic imine (C=N–C) groups is 1. The summed E-state index contributed by atoms with van der Waals surface area (Å²) in [6.45, 7) is 12.0. The minimum absolute atomic E-state index is 0.0540. The van der Waals surface area contributed by atoms with E-state index in [2.05, 4.69) is 31.9 Å². The lowest BCUT2D eigenvalue weighted by molar-refractivity contribution is 0.0533. The van der Waals surface area contributed by atoms with Crippen LogP contribution < -0.4 is 16.6 Å². The minimum atomic E-state index is -0.526. The smallest absolute Gasteiger partial charge is 0.284 e. The number of aryl methyl sites for hydroxylation is 1.